The van der Waals surface area contributed by atoms with Crippen molar-refractivity contribution in [2.24, 2.45) is 0 Å². The zero-order valence-electron chi connectivity index (χ0n) is 15.9. The second-order valence-corrected chi connectivity index (χ2v) is 6.21. The fourth-order valence-corrected chi connectivity index (χ4v) is 2.73. The van der Waals surface area contributed by atoms with E-state index in [1.807, 2.05) is 54.6 Å². The maximum Gasteiger partial charge on any atom is 0.243 e. The molecule has 0 aliphatic carbocycles. The minimum atomic E-state index is -0.146. The summed E-state index contributed by atoms with van der Waals surface area (Å²) in [5.41, 5.74) is 2.76. The van der Waals surface area contributed by atoms with Crippen molar-refractivity contribution in [3.05, 3.63) is 84.4 Å². The average molecular weight is 376 g/mol. The lowest BCUT2D eigenvalue weighted by Crippen LogP contribution is -2.22. The van der Waals surface area contributed by atoms with E-state index < -0.39 is 0 Å². The molecule has 5 nitrogen and oxygen atoms in total. The zero-order valence-corrected chi connectivity index (χ0v) is 15.9. The molecule has 144 valence electrons. The predicted octanol–water partition coefficient (Wildman–Crippen LogP) is 4.37. The molecule has 3 rings (SSSR count). The number of rotatable bonds is 9. The number of carbonyl (C=O) groups excluding carboxylic acids is 1. The Morgan fingerprint density at radius 2 is 1.61 bits per heavy atom. The lowest BCUT2D eigenvalue weighted by atomic mass is 10.2. The van der Waals surface area contributed by atoms with E-state index >= 15 is 0 Å². The van der Waals surface area contributed by atoms with Crippen LogP contribution in [0, 0.1) is 0 Å². The highest BCUT2D eigenvalue weighted by Crippen LogP contribution is 2.23. The molecule has 3 aromatic carbocycles. The third kappa shape index (κ3) is 5.77. The van der Waals surface area contributed by atoms with Gasteiger partial charge in [0.2, 0.25) is 5.91 Å². The van der Waals surface area contributed by atoms with Crippen molar-refractivity contribution in [1.82, 2.24) is 0 Å². The van der Waals surface area contributed by atoms with Crippen molar-refractivity contribution in [2.75, 3.05) is 30.9 Å². The van der Waals surface area contributed by atoms with Gasteiger partial charge in [-0.15, -0.1) is 0 Å². The van der Waals surface area contributed by atoms with Crippen molar-refractivity contribution in [3.8, 4) is 11.5 Å². The van der Waals surface area contributed by atoms with Gasteiger partial charge in [0.25, 0.3) is 0 Å². The van der Waals surface area contributed by atoms with Gasteiger partial charge in [-0.05, 0) is 42.0 Å². The van der Waals surface area contributed by atoms with Gasteiger partial charge < -0.3 is 20.1 Å². The number of ether oxygens (including phenoxy) is 2. The summed E-state index contributed by atoms with van der Waals surface area (Å²) in [7, 11) is 1.58. The summed E-state index contributed by atoms with van der Waals surface area (Å²) >= 11 is 0. The summed E-state index contributed by atoms with van der Waals surface area (Å²) in [5, 5.41) is 5.94. The first-order valence-corrected chi connectivity index (χ1v) is 9.18. The van der Waals surface area contributed by atoms with E-state index in [1.54, 1.807) is 19.2 Å². The molecular weight excluding hydrogens is 352 g/mol. The van der Waals surface area contributed by atoms with Gasteiger partial charge >= 0.3 is 0 Å². The summed E-state index contributed by atoms with van der Waals surface area (Å²) in [6.45, 7) is 0.782. The van der Waals surface area contributed by atoms with Crippen molar-refractivity contribution in [3.63, 3.8) is 0 Å². The Morgan fingerprint density at radius 3 is 2.36 bits per heavy atom. The second kappa shape index (κ2) is 10.0. The van der Waals surface area contributed by atoms with Gasteiger partial charge in [-0.1, -0.05) is 42.5 Å². The number of amides is 1. The molecule has 2 N–H and O–H groups in total. The zero-order chi connectivity index (χ0) is 19.6. The smallest absolute Gasteiger partial charge is 0.243 e. The van der Waals surface area contributed by atoms with Crippen LogP contribution in [0.2, 0.25) is 0 Å². The summed E-state index contributed by atoms with van der Waals surface area (Å²) in [5.74, 6) is 1.29. The number of anilines is 2. The number of hydrogen-bond donors (Lipinski definition) is 2. The fraction of sp³-hybridized carbons (Fsp3) is 0.174. The van der Waals surface area contributed by atoms with Gasteiger partial charge in [-0.2, -0.15) is 0 Å². The molecule has 0 unspecified atom stereocenters. The molecule has 0 bridgehead atoms. The molecule has 0 radical (unpaired) electrons. The highest BCUT2D eigenvalue weighted by molar-refractivity contribution is 5.95. The monoisotopic (exact) mass is 376 g/mol. The van der Waals surface area contributed by atoms with Crippen molar-refractivity contribution >= 4 is 17.3 Å². The Hall–Kier alpha value is -3.47. The summed E-state index contributed by atoms with van der Waals surface area (Å²) in [6.07, 6.45) is 0.865. The standard InChI is InChI=1S/C23H24N2O3/c1-27-22-10-6-5-9-21(22)25-23(26)17-24-19-11-13-20(14-12-19)28-16-15-18-7-3-2-4-8-18/h2-14,24H,15-17H2,1H3,(H,25,26). The number of para-hydroxylation sites is 2. The van der Waals surface area contributed by atoms with Crippen LogP contribution in [-0.4, -0.2) is 26.2 Å². The van der Waals surface area contributed by atoms with Crippen LogP contribution in [0.5, 0.6) is 11.5 Å². The molecular formula is C23H24N2O3. The molecule has 0 aromatic heterocycles. The fourth-order valence-electron chi connectivity index (χ4n) is 2.73. The minimum Gasteiger partial charge on any atom is -0.495 e. The maximum atomic E-state index is 12.1. The van der Waals surface area contributed by atoms with Crippen molar-refractivity contribution in [1.29, 1.82) is 0 Å². The first-order valence-electron chi connectivity index (χ1n) is 9.18. The number of carbonyl (C=O) groups is 1. The lowest BCUT2D eigenvalue weighted by molar-refractivity contribution is -0.114. The third-order valence-corrected chi connectivity index (χ3v) is 4.19. The number of benzene rings is 3. The van der Waals surface area contributed by atoms with Gasteiger partial charge in [-0.3, -0.25) is 4.79 Å². The first-order chi connectivity index (χ1) is 13.7. The van der Waals surface area contributed by atoms with Crippen molar-refractivity contribution in [2.45, 2.75) is 6.42 Å². The molecule has 28 heavy (non-hydrogen) atoms. The van der Waals surface area contributed by atoms with E-state index in [-0.39, 0.29) is 12.5 Å². The van der Waals surface area contributed by atoms with Crippen LogP contribution < -0.4 is 20.1 Å². The molecule has 3 aromatic rings. The number of nitrogens with one attached hydrogen (secondary N) is 2. The van der Waals surface area contributed by atoms with E-state index in [0.717, 1.165) is 17.9 Å². The third-order valence-electron chi connectivity index (χ3n) is 4.19. The number of methoxy groups -OCH3 is 1. The van der Waals surface area contributed by atoms with Gasteiger partial charge in [0.05, 0.1) is 25.9 Å². The molecule has 0 atom stereocenters. The SMILES string of the molecule is COc1ccccc1NC(=O)CNc1ccc(OCCc2ccccc2)cc1. The Morgan fingerprint density at radius 1 is 0.893 bits per heavy atom. The van der Waals surface area contributed by atoms with Crippen LogP contribution in [0.25, 0.3) is 0 Å². The Bertz CT molecular complexity index is 880. The molecule has 0 fully saturated rings. The van der Waals surface area contributed by atoms with E-state index in [2.05, 4.69) is 22.8 Å². The quantitative estimate of drug-likeness (QED) is 0.582. The van der Waals surface area contributed by atoms with Crippen LogP contribution in [0.4, 0.5) is 11.4 Å². The van der Waals surface area contributed by atoms with Gasteiger partial charge in [0.15, 0.2) is 0 Å². The van der Waals surface area contributed by atoms with Gasteiger partial charge in [0.1, 0.15) is 11.5 Å². The van der Waals surface area contributed by atoms with Crippen LogP contribution in [-0.2, 0) is 11.2 Å². The summed E-state index contributed by atoms with van der Waals surface area (Å²) in [4.78, 5) is 12.1. The highest BCUT2D eigenvalue weighted by Gasteiger charge is 2.06. The largest absolute Gasteiger partial charge is 0.495 e. The Balaban J connectivity index is 1.43. The Labute approximate surface area is 165 Å². The van der Waals surface area contributed by atoms with E-state index in [4.69, 9.17) is 9.47 Å². The summed E-state index contributed by atoms with van der Waals surface area (Å²) < 4.78 is 11.0. The molecule has 0 saturated carbocycles. The second-order valence-electron chi connectivity index (χ2n) is 6.21. The van der Waals surface area contributed by atoms with Crippen LogP contribution >= 0.6 is 0 Å². The topological polar surface area (TPSA) is 59.6 Å². The van der Waals surface area contributed by atoms with Crippen molar-refractivity contribution < 1.29 is 14.3 Å². The van der Waals surface area contributed by atoms with E-state index in [1.165, 1.54) is 5.56 Å². The first kappa shape index (κ1) is 19.3. The molecule has 0 saturated heterocycles. The maximum absolute atomic E-state index is 12.1. The van der Waals surface area contributed by atoms with E-state index in [0.29, 0.717) is 18.0 Å². The lowest BCUT2D eigenvalue weighted by Gasteiger charge is -2.11. The minimum absolute atomic E-state index is 0.146. The average Bonchev–Trinajstić information content (AvgIpc) is 2.74. The normalized spacial score (nSPS) is 10.2. The predicted molar refractivity (Wildman–Crippen MR) is 112 cm³/mol. The van der Waals surface area contributed by atoms with Gasteiger partial charge in [-0.25, -0.2) is 0 Å². The molecule has 0 spiro atoms. The van der Waals surface area contributed by atoms with Crippen LogP contribution in [0.15, 0.2) is 78.9 Å². The molecule has 0 heterocycles. The van der Waals surface area contributed by atoms with Crippen LogP contribution in [0.1, 0.15) is 5.56 Å². The van der Waals surface area contributed by atoms with E-state index in [9.17, 15) is 4.79 Å². The summed E-state index contributed by atoms with van der Waals surface area (Å²) in [6, 6.07) is 25.1. The van der Waals surface area contributed by atoms with Crippen LogP contribution in [0.3, 0.4) is 0 Å². The number of hydrogen-bond acceptors (Lipinski definition) is 4. The molecule has 0 aliphatic rings. The molecule has 5 heteroatoms. The highest BCUT2D eigenvalue weighted by atomic mass is 16.5. The molecule has 1 amide bonds. The Kier molecular flexibility index (Phi) is 6.90. The molecule has 0 aliphatic heterocycles. The van der Waals surface area contributed by atoms with Gasteiger partial charge in [0, 0.05) is 12.1 Å².